The molecule has 2 amide bonds. The molecule has 224 valence electrons. The molecule has 0 aliphatic carbocycles. The van der Waals surface area contributed by atoms with Crippen molar-refractivity contribution in [2.45, 2.75) is 69.2 Å². The van der Waals surface area contributed by atoms with Crippen LogP contribution in [0.25, 0.3) is 0 Å². The van der Waals surface area contributed by atoms with E-state index >= 15 is 0 Å². The second-order valence-corrected chi connectivity index (χ2v) is 12.4. The van der Waals surface area contributed by atoms with Crippen molar-refractivity contribution in [3.8, 4) is 0 Å². The molecule has 11 nitrogen and oxygen atoms in total. The van der Waals surface area contributed by atoms with E-state index in [-0.39, 0.29) is 16.7 Å². The predicted octanol–water partition coefficient (Wildman–Crippen LogP) is 1.61. The van der Waals surface area contributed by atoms with Gasteiger partial charge in [0.2, 0.25) is 5.91 Å². The molecule has 40 heavy (non-hydrogen) atoms. The zero-order chi connectivity index (χ0) is 29.1. The molecule has 2 aliphatic heterocycles. The van der Waals surface area contributed by atoms with Crippen LogP contribution in [0.3, 0.4) is 0 Å². The Kier molecular flexibility index (Phi) is 12.3. The van der Waals surface area contributed by atoms with Gasteiger partial charge in [-0.25, -0.2) is 22.6 Å². The highest BCUT2D eigenvalue weighted by Gasteiger charge is 2.31. The number of nitrogens with zero attached hydrogens (tertiary/aromatic N) is 1. The quantitative estimate of drug-likeness (QED) is 0.207. The van der Waals surface area contributed by atoms with Gasteiger partial charge in [-0.3, -0.25) is 9.59 Å². The van der Waals surface area contributed by atoms with Gasteiger partial charge in [0.25, 0.3) is 15.9 Å². The fourth-order valence-corrected chi connectivity index (χ4v) is 6.38. The average Bonchev–Trinajstić information content (AvgIpc) is 2.95. The largest absolute Gasteiger partial charge is 0.480 e. The molecule has 5 N–H and O–H groups in total. The Labute approximate surface area is 235 Å². The molecule has 1 aromatic rings. The Morgan fingerprint density at radius 2 is 1.48 bits per heavy atom. The highest BCUT2D eigenvalue weighted by molar-refractivity contribution is 7.89. The maximum absolute atomic E-state index is 13.3. The topological polar surface area (TPSA) is 157 Å². The lowest BCUT2D eigenvalue weighted by molar-refractivity contribution is -0.150. The van der Waals surface area contributed by atoms with E-state index in [1.165, 1.54) is 0 Å². The smallest absolute Gasteiger partial charge is 0.327 e. The molecular weight excluding hydrogens is 541 g/mol. The van der Waals surface area contributed by atoms with E-state index in [0.29, 0.717) is 29.7 Å². The van der Waals surface area contributed by atoms with E-state index in [1.807, 2.05) is 4.83 Å². The SMILES string of the molecule is CC(C(=O)O)N(NS(=O)(=O)c1ccc(F)cc1)C(=O)CNC(=O)C(CCC1CCNCC1)CCC1CCNCC1. The first-order valence-corrected chi connectivity index (χ1v) is 15.6. The van der Waals surface area contributed by atoms with Crippen LogP contribution in [0.15, 0.2) is 29.2 Å². The van der Waals surface area contributed by atoms with Gasteiger partial charge in [0.1, 0.15) is 11.9 Å². The van der Waals surface area contributed by atoms with Crippen LogP contribution in [0.4, 0.5) is 4.39 Å². The molecule has 0 saturated carbocycles. The molecule has 1 unspecified atom stereocenters. The van der Waals surface area contributed by atoms with E-state index in [9.17, 15) is 32.3 Å². The number of aliphatic carboxylic acids is 1. The molecule has 13 heteroatoms. The average molecular weight is 584 g/mol. The zero-order valence-electron chi connectivity index (χ0n) is 23.0. The van der Waals surface area contributed by atoms with Gasteiger partial charge in [0.15, 0.2) is 0 Å². The summed E-state index contributed by atoms with van der Waals surface area (Å²) in [5.41, 5.74) is 0. The van der Waals surface area contributed by atoms with Gasteiger partial charge in [-0.2, -0.15) is 0 Å². The Morgan fingerprint density at radius 3 is 1.95 bits per heavy atom. The first-order chi connectivity index (χ1) is 19.1. The minimum atomic E-state index is -4.39. The molecule has 1 atom stereocenters. The molecular formula is C27H42FN5O6S. The number of rotatable bonds is 14. The predicted molar refractivity (Wildman–Crippen MR) is 147 cm³/mol. The van der Waals surface area contributed by atoms with Crippen molar-refractivity contribution in [3.63, 3.8) is 0 Å². The molecule has 2 fully saturated rings. The van der Waals surface area contributed by atoms with Crippen molar-refractivity contribution < 1.29 is 32.3 Å². The van der Waals surface area contributed by atoms with Crippen LogP contribution >= 0.6 is 0 Å². The molecule has 2 heterocycles. The second-order valence-electron chi connectivity index (χ2n) is 10.8. The number of amides is 2. The number of carboxylic acid groups (broad SMARTS) is 1. The fraction of sp³-hybridized carbons (Fsp3) is 0.667. The van der Waals surface area contributed by atoms with E-state index in [0.717, 1.165) is 95.9 Å². The summed E-state index contributed by atoms with van der Waals surface area (Å²) in [6.07, 6.45) is 7.49. The summed E-state index contributed by atoms with van der Waals surface area (Å²) in [5.74, 6) is -2.51. The van der Waals surface area contributed by atoms with Crippen molar-refractivity contribution in [1.82, 2.24) is 25.8 Å². The summed E-state index contributed by atoms with van der Waals surface area (Å²) in [4.78, 5) is 39.6. The third kappa shape index (κ3) is 9.79. The lowest BCUT2D eigenvalue weighted by Gasteiger charge is -2.28. The molecule has 0 aromatic heterocycles. The van der Waals surface area contributed by atoms with Crippen LogP contribution in [-0.2, 0) is 24.4 Å². The van der Waals surface area contributed by atoms with E-state index < -0.39 is 40.3 Å². The maximum Gasteiger partial charge on any atom is 0.327 e. The maximum atomic E-state index is 13.3. The van der Waals surface area contributed by atoms with Gasteiger partial charge >= 0.3 is 5.97 Å². The Bertz CT molecular complexity index is 1070. The van der Waals surface area contributed by atoms with Crippen LogP contribution in [0.5, 0.6) is 0 Å². The normalized spacial score (nSPS) is 17.9. The van der Waals surface area contributed by atoms with Crippen LogP contribution in [0.2, 0.25) is 0 Å². The Morgan fingerprint density at radius 1 is 0.975 bits per heavy atom. The van der Waals surface area contributed by atoms with Gasteiger partial charge in [-0.05, 0) is 121 Å². The number of hydrazine groups is 1. The number of hydrogen-bond donors (Lipinski definition) is 5. The first kappa shape index (κ1) is 31.9. The van der Waals surface area contributed by atoms with Crippen LogP contribution in [0, 0.1) is 23.6 Å². The van der Waals surface area contributed by atoms with Crippen molar-refractivity contribution in [2.75, 3.05) is 32.7 Å². The summed E-state index contributed by atoms with van der Waals surface area (Å²) in [6.45, 7) is 4.45. The van der Waals surface area contributed by atoms with Gasteiger partial charge < -0.3 is 21.1 Å². The minimum absolute atomic E-state index is 0.291. The van der Waals surface area contributed by atoms with E-state index in [2.05, 4.69) is 16.0 Å². The minimum Gasteiger partial charge on any atom is -0.480 e. The highest BCUT2D eigenvalue weighted by atomic mass is 32.2. The number of piperidine rings is 2. The highest BCUT2D eigenvalue weighted by Crippen LogP contribution is 2.27. The van der Waals surface area contributed by atoms with E-state index in [4.69, 9.17) is 0 Å². The molecule has 3 rings (SSSR count). The number of carbonyl (C=O) groups excluding carboxylic acids is 2. The number of sulfonamides is 1. The number of hydrogen-bond acceptors (Lipinski definition) is 7. The fourth-order valence-electron chi connectivity index (χ4n) is 5.27. The van der Waals surface area contributed by atoms with Crippen molar-refractivity contribution in [2.24, 2.45) is 17.8 Å². The molecule has 0 radical (unpaired) electrons. The van der Waals surface area contributed by atoms with Crippen molar-refractivity contribution in [3.05, 3.63) is 30.1 Å². The summed E-state index contributed by atoms with van der Waals surface area (Å²) >= 11 is 0. The lowest BCUT2D eigenvalue weighted by atomic mass is 9.84. The standard InChI is InChI=1S/C27H42FN5O6S/c1-19(27(36)37)33(32-40(38,39)24-8-6-23(28)7-9-24)25(34)18-31-26(35)22(4-2-20-10-14-29-15-11-20)5-3-21-12-16-30-17-13-21/h6-9,19-22,29-30,32H,2-5,10-18H2,1H3,(H,31,35)(H,36,37). The lowest BCUT2D eigenvalue weighted by Crippen LogP contribution is -2.56. The van der Waals surface area contributed by atoms with Crippen LogP contribution in [-0.4, -0.2) is 75.1 Å². The van der Waals surface area contributed by atoms with E-state index in [1.54, 1.807) is 0 Å². The van der Waals surface area contributed by atoms with Gasteiger partial charge in [0.05, 0.1) is 11.4 Å². The van der Waals surface area contributed by atoms with Crippen LogP contribution in [0.1, 0.15) is 58.3 Å². The Balaban J connectivity index is 1.64. The van der Waals surface area contributed by atoms with Gasteiger partial charge in [0, 0.05) is 5.92 Å². The summed E-state index contributed by atoms with van der Waals surface area (Å²) < 4.78 is 38.8. The molecule has 2 aliphatic rings. The molecule has 0 spiro atoms. The Hall–Kier alpha value is -2.61. The first-order valence-electron chi connectivity index (χ1n) is 14.1. The molecule has 1 aromatic carbocycles. The van der Waals surface area contributed by atoms with Gasteiger partial charge in [-0.1, -0.05) is 0 Å². The number of halogens is 1. The van der Waals surface area contributed by atoms with Crippen LogP contribution < -0.4 is 20.8 Å². The summed E-state index contributed by atoms with van der Waals surface area (Å²) in [7, 11) is -4.39. The molecule has 2 saturated heterocycles. The van der Waals surface area contributed by atoms with Crippen molar-refractivity contribution >= 4 is 27.8 Å². The second kappa shape index (κ2) is 15.4. The monoisotopic (exact) mass is 583 g/mol. The number of benzene rings is 1. The number of nitrogens with one attached hydrogen (secondary N) is 4. The molecule has 0 bridgehead atoms. The van der Waals surface area contributed by atoms with Crippen molar-refractivity contribution in [1.29, 1.82) is 0 Å². The summed E-state index contributed by atoms with van der Waals surface area (Å²) in [5, 5.41) is 19.3. The third-order valence-electron chi connectivity index (χ3n) is 7.90. The summed E-state index contributed by atoms with van der Waals surface area (Å²) in [6, 6.07) is 2.33. The van der Waals surface area contributed by atoms with Gasteiger partial charge in [-0.15, -0.1) is 4.83 Å². The number of carboxylic acids is 1. The number of carbonyl (C=O) groups is 3. The third-order valence-corrected chi connectivity index (χ3v) is 9.23. The zero-order valence-corrected chi connectivity index (χ0v) is 23.8.